The monoisotopic (exact) mass is 384 g/mol. The number of likely N-dealkylation sites (tertiary alicyclic amines) is 2. The van der Waals surface area contributed by atoms with Crippen LogP contribution in [-0.4, -0.2) is 55.0 Å². The highest BCUT2D eigenvalue weighted by atomic mass is 16.5. The van der Waals surface area contributed by atoms with Gasteiger partial charge in [-0.05, 0) is 87.7 Å². The van der Waals surface area contributed by atoms with Gasteiger partial charge in [0.25, 0.3) is 0 Å². The quantitative estimate of drug-likeness (QED) is 0.743. The van der Waals surface area contributed by atoms with E-state index in [1.807, 2.05) is 0 Å². The number of amides is 1. The largest absolute Gasteiger partial charge is 0.493 e. The number of ether oxygens (including phenoxy) is 1. The highest BCUT2D eigenvalue weighted by Crippen LogP contribution is 2.54. The lowest BCUT2D eigenvalue weighted by molar-refractivity contribution is -0.145. The molecule has 4 heteroatoms. The van der Waals surface area contributed by atoms with Crippen molar-refractivity contribution < 1.29 is 9.53 Å². The summed E-state index contributed by atoms with van der Waals surface area (Å²) in [6.07, 6.45) is 6.83. The Morgan fingerprint density at radius 3 is 2.43 bits per heavy atom. The first-order valence-electron chi connectivity index (χ1n) is 11.1. The Balaban J connectivity index is 1.41. The average Bonchev–Trinajstić information content (AvgIpc) is 3.43. The number of carbonyl (C=O) groups excluding carboxylic acids is 1. The zero-order valence-corrected chi connectivity index (χ0v) is 17.8. The molecule has 1 aromatic carbocycles. The molecule has 0 radical (unpaired) electrons. The van der Waals surface area contributed by atoms with Crippen molar-refractivity contribution >= 4 is 5.91 Å². The van der Waals surface area contributed by atoms with Crippen LogP contribution in [0.5, 0.6) is 5.75 Å². The van der Waals surface area contributed by atoms with Crippen LogP contribution in [0.2, 0.25) is 0 Å². The second-order valence-corrected chi connectivity index (χ2v) is 9.95. The van der Waals surface area contributed by atoms with Crippen molar-refractivity contribution in [3.63, 3.8) is 0 Å². The van der Waals surface area contributed by atoms with Crippen LogP contribution in [0, 0.1) is 17.3 Å². The molecule has 2 heterocycles. The van der Waals surface area contributed by atoms with Crippen molar-refractivity contribution in [1.29, 1.82) is 0 Å². The van der Waals surface area contributed by atoms with Gasteiger partial charge in [0.2, 0.25) is 5.91 Å². The molecule has 2 aliphatic heterocycles. The van der Waals surface area contributed by atoms with Gasteiger partial charge in [-0.15, -0.1) is 0 Å². The van der Waals surface area contributed by atoms with Crippen LogP contribution in [0.15, 0.2) is 24.3 Å². The van der Waals surface area contributed by atoms with Crippen LogP contribution in [0.1, 0.15) is 51.5 Å². The highest BCUT2D eigenvalue weighted by molar-refractivity contribution is 5.80. The van der Waals surface area contributed by atoms with E-state index in [-0.39, 0.29) is 5.92 Å². The molecule has 3 fully saturated rings. The molecule has 1 saturated carbocycles. The molecule has 1 amide bonds. The number of piperidine rings is 2. The smallest absolute Gasteiger partial charge is 0.226 e. The van der Waals surface area contributed by atoms with Crippen molar-refractivity contribution in [3.8, 4) is 5.75 Å². The number of hydrogen-bond donors (Lipinski definition) is 0. The minimum absolute atomic E-state index is 0.151. The van der Waals surface area contributed by atoms with E-state index >= 15 is 0 Å². The molecular formula is C24H36N2O2. The zero-order valence-electron chi connectivity index (χ0n) is 17.8. The fraction of sp³-hybridized carbons (Fsp3) is 0.708. The van der Waals surface area contributed by atoms with Gasteiger partial charge in [-0.3, -0.25) is 4.79 Å². The van der Waals surface area contributed by atoms with Crippen LogP contribution < -0.4 is 4.74 Å². The number of carbonyl (C=O) groups is 1. The highest BCUT2D eigenvalue weighted by Gasteiger charge is 2.52. The summed E-state index contributed by atoms with van der Waals surface area (Å²) in [4.78, 5) is 18.0. The van der Waals surface area contributed by atoms with Gasteiger partial charge >= 0.3 is 0 Å². The number of hydrogen-bond acceptors (Lipinski definition) is 3. The van der Waals surface area contributed by atoms with Crippen LogP contribution >= 0.6 is 0 Å². The molecule has 2 saturated heterocycles. The minimum Gasteiger partial charge on any atom is -0.493 e. The van der Waals surface area contributed by atoms with Gasteiger partial charge in [0.05, 0.1) is 6.61 Å². The molecule has 154 valence electrons. The Morgan fingerprint density at radius 2 is 1.82 bits per heavy atom. The predicted octanol–water partition coefficient (Wildman–Crippen LogP) is 3.99. The van der Waals surface area contributed by atoms with E-state index in [1.54, 1.807) is 0 Å². The third-order valence-corrected chi connectivity index (χ3v) is 6.89. The molecule has 1 aliphatic carbocycles. The van der Waals surface area contributed by atoms with E-state index in [4.69, 9.17) is 4.74 Å². The van der Waals surface area contributed by atoms with Crippen molar-refractivity contribution in [2.75, 3.05) is 33.3 Å². The molecule has 28 heavy (non-hydrogen) atoms. The topological polar surface area (TPSA) is 32.8 Å². The molecule has 0 aromatic heterocycles. The van der Waals surface area contributed by atoms with Gasteiger partial charge in [0, 0.05) is 18.5 Å². The first-order chi connectivity index (χ1) is 13.4. The number of benzene rings is 1. The molecule has 0 bridgehead atoms. The third kappa shape index (κ3) is 4.53. The zero-order chi connectivity index (χ0) is 19.7. The van der Waals surface area contributed by atoms with Crippen LogP contribution in [0.3, 0.4) is 0 Å². The van der Waals surface area contributed by atoms with Crippen molar-refractivity contribution in [2.45, 2.75) is 58.4 Å². The Kier molecular flexibility index (Phi) is 5.69. The molecule has 4 nitrogen and oxygen atoms in total. The maximum Gasteiger partial charge on any atom is 0.226 e. The van der Waals surface area contributed by atoms with Crippen LogP contribution in [0.25, 0.3) is 0 Å². The third-order valence-electron chi connectivity index (χ3n) is 6.89. The fourth-order valence-electron chi connectivity index (χ4n) is 4.93. The minimum atomic E-state index is 0.151. The maximum absolute atomic E-state index is 13.4. The summed E-state index contributed by atoms with van der Waals surface area (Å²) in [5, 5.41) is 0. The second kappa shape index (κ2) is 8.06. The molecule has 3 aliphatic rings. The molecular weight excluding hydrogens is 348 g/mol. The summed E-state index contributed by atoms with van der Waals surface area (Å²) >= 11 is 0. The molecule has 0 N–H and O–H groups in total. The summed E-state index contributed by atoms with van der Waals surface area (Å²) in [5.74, 6) is 2.02. The van der Waals surface area contributed by atoms with Crippen LogP contribution in [-0.2, 0) is 11.2 Å². The summed E-state index contributed by atoms with van der Waals surface area (Å²) in [5.41, 5.74) is 1.69. The SMILES string of the molecule is CC(C)COc1ccc(CC2CC3(CC3)CN(C3CCN(C)CC3)C2=O)cc1. The van der Waals surface area contributed by atoms with Crippen molar-refractivity contribution in [2.24, 2.45) is 17.3 Å². The van der Waals surface area contributed by atoms with E-state index in [9.17, 15) is 4.79 Å². The van der Waals surface area contributed by atoms with Crippen molar-refractivity contribution in [1.82, 2.24) is 9.80 Å². The first kappa shape index (κ1) is 19.8. The summed E-state index contributed by atoms with van der Waals surface area (Å²) in [7, 11) is 2.19. The van der Waals surface area contributed by atoms with Gasteiger partial charge in [-0.25, -0.2) is 0 Å². The molecule has 1 aromatic rings. The number of rotatable bonds is 6. The summed E-state index contributed by atoms with van der Waals surface area (Å²) in [6, 6.07) is 8.88. The predicted molar refractivity (Wildman–Crippen MR) is 112 cm³/mol. The Hall–Kier alpha value is -1.55. The lowest BCUT2D eigenvalue weighted by atomic mass is 9.81. The Labute approximate surface area is 170 Å². The normalized spacial score (nSPS) is 25.5. The molecule has 1 unspecified atom stereocenters. The van der Waals surface area contributed by atoms with Crippen LogP contribution in [0.4, 0.5) is 0 Å². The molecule has 4 rings (SSSR count). The molecule has 1 spiro atoms. The van der Waals surface area contributed by atoms with Gasteiger partial charge in [-0.2, -0.15) is 0 Å². The summed E-state index contributed by atoms with van der Waals surface area (Å²) in [6.45, 7) is 8.31. The van der Waals surface area contributed by atoms with E-state index < -0.39 is 0 Å². The fourth-order valence-corrected chi connectivity index (χ4v) is 4.93. The van der Waals surface area contributed by atoms with Gasteiger partial charge in [0.1, 0.15) is 5.75 Å². The van der Waals surface area contributed by atoms with Gasteiger partial charge < -0.3 is 14.5 Å². The molecule has 1 atom stereocenters. The lowest BCUT2D eigenvalue weighted by Gasteiger charge is -2.44. The van der Waals surface area contributed by atoms with Crippen molar-refractivity contribution in [3.05, 3.63) is 29.8 Å². The van der Waals surface area contributed by atoms with E-state index in [2.05, 4.69) is 55.0 Å². The first-order valence-corrected chi connectivity index (χ1v) is 11.1. The lowest BCUT2D eigenvalue weighted by Crippen LogP contribution is -2.54. The van der Waals surface area contributed by atoms with Gasteiger partial charge in [0.15, 0.2) is 0 Å². The summed E-state index contributed by atoms with van der Waals surface area (Å²) < 4.78 is 5.80. The van der Waals surface area contributed by atoms with E-state index in [0.29, 0.717) is 23.3 Å². The second-order valence-electron chi connectivity index (χ2n) is 9.95. The Morgan fingerprint density at radius 1 is 1.14 bits per heavy atom. The average molecular weight is 385 g/mol. The van der Waals surface area contributed by atoms with E-state index in [1.165, 1.54) is 18.4 Å². The standard InChI is InChI=1S/C24H36N2O2/c1-18(2)16-28-22-6-4-19(5-7-22)14-20-15-24(10-11-24)17-26(23(20)27)21-8-12-25(3)13-9-21/h4-7,18,20-21H,8-17H2,1-3H3. The number of nitrogens with zero attached hydrogens (tertiary/aromatic N) is 2. The maximum atomic E-state index is 13.4. The van der Waals surface area contributed by atoms with Gasteiger partial charge in [-0.1, -0.05) is 26.0 Å². The Bertz CT molecular complexity index is 672. The van der Waals surface area contributed by atoms with E-state index in [0.717, 1.165) is 57.7 Å².